The molecule has 1 aliphatic carbocycles. The minimum absolute atomic E-state index is 0.00579. The quantitative estimate of drug-likeness (QED) is 0.781. The molecule has 3 atom stereocenters. The summed E-state index contributed by atoms with van der Waals surface area (Å²) < 4.78 is 11.3. The number of nitrogens with zero attached hydrogens (tertiary/aromatic N) is 1. The van der Waals surface area contributed by atoms with Gasteiger partial charge in [-0.1, -0.05) is 13.8 Å². The molecule has 3 unspecified atom stereocenters. The van der Waals surface area contributed by atoms with Gasteiger partial charge in [-0.3, -0.25) is 13.8 Å². The van der Waals surface area contributed by atoms with Crippen molar-refractivity contribution in [1.29, 1.82) is 0 Å². The average molecular weight is 286 g/mol. The molecular formula is C13H22N2O3S. The lowest BCUT2D eigenvalue weighted by Crippen LogP contribution is -2.65. The number of carbonyl (C=O) groups excluding carboxylic acids is 2. The Kier molecular flexibility index (Phi) is 4.28. The number of carbonyl (C=O) groups is 2. The van der Waals surface area contributed by atoms with Gasteiger partial charge in [0, 0.05) is 29.4 Å². The molecule has 6 heteroatoms. The first-order chi connectivity index (χ1) is 8.91. The van der Waals surface area contributed by atoms with Crippen molar-refractivity contribution in [3.63, 3.8) is 0 Å². The van der Waals surface area contributed by atoms with Crippen LogP contribution in [0.25, 0.3) is 0 Å². The van der Waals surface area contributed by atoms with Gasteiger partial charge in [0.1, 0.15) is 12.1 Å². The summed E-state index contributed by atoms with van der Waals surface area (Å²) in [5.41, 5.74) is 0. The summed E-state index contributed by atoms with van der Waals surface area (Å²) in [6, 6.07) is -0.779. The Morgan fingerprint density at radius 3 is 2.47 bits per heavy atom. The molecule has 2 rings (SSSR count). The maximum Gasteiger partial charge on any atom is 0.246 e. The zero-order valence-corrected chi connectivity index (χ0v) is 12.5. The molecule has 108 valence electrons. The zero-order valence-electron chi connectivity index (χ0n) is 11.7. The number of hydrogen-bond acceptors (Lipinski definition) is 3. The van der Waals surface area contributed by atoms with Crippen molar-refractivity contribution in [3.8, 4) is 0 Å². The van der Waals surface area contributed by atoms with E-state index in [1.54, 1.807) is 11.2 Å². The van der Waals surface area contributed by atoms with E-state index in [1.807, 2.05) is 13.8 Å². The summed E-state index contributed by atoms with van der Waals surface area (Å²) in [7, 11) is -0.954. The van der Waals surface area contributed by atoms with Crippen molar-refractivity contribution in [2.24, 2.45) is 11.8 Å². The second kappa shape index (κ2) is 5.61. The predicted molar refractivity (Wildman–Crippen MR) is 73.9 cm³/mol. The third kappa shape index (κ3) is 3.16. The molecular weight excluding hydrogens is 264 g/mol. The van der Waals surface area contributed by atoms with E-state index in [1.165, 1.54) is 0 Å². The minimum atomic E-state index is -0.954. The second-order valence-electron chi connectivity index (χ2n) is 5.82. The highest BCUT2D eigenvalue weighted by Crippen LogP contribution is 2.35. The van der Waals surface area contributed by atoms with Crippen LogP contribution in [0.15, 0.2) is 0 Å². The average Bonchev–Trinajstić information content (AvgIpc) is 3.12. The van der Waals surface area contributed by atoms with Crippen LogP contribution in [0, 0.1) is 11.8 Å². The van der Waals surface area contributed by atoms with E-state index in [0.717, 1.165) is 12.8 Å². The fraction of sp³-hybridized carbons (Fsp3) is 0.846. The molecule has 0 radical (unpaired) electrons. The lowest BCUT2D eigenvalue weighted by molar-refractivity contribution is -0.151. The van der Waals surface area contributed by atoms with Crippen LogP contribution >= 0.6 is 0 Å². The number of hydrogen-bond donors (Lipinski definition) is 1. The van der Waals surface area contributed by atoms with Crippen LogP contribution in [-0.4, -0.2) is 51.6 Å². The smallest absolute Gasteiger partial charge is 0.246 e. The highest BCUT2D eigenvalue weighted by Gasteiger charge is 2.47. The van der Waals surface area contributed by atoms with Gasteiger partial charge in [0.25, 0.3) is 0 Å². The molecule has 1 saturated carbocycles. The molecule has 2 amide bonds. The van der Waals surface area contributed by atoms with Crippen molar-refractivity contribution < 1.29 is 13.8 Å². The third-order valence-electron chi connectivity index (χ3n) is 3.80. The van der Waals surface area contributed by atoms with E-state index < -0.39 is 16.8 Å². The Labute approximate surface area is 116 Å². The second-order valence-corrected chi connectivity index (χ2v) is 7.38. The highest BCUT2D eigenvalue weighted by molar-refractivity contribution is 7.84. The lowest BCUT2D eigenvalue weighted by Gasteiger charge is -2.41. The highest BCUT2D eigenvalue weighted by atomic mass is 32.2. The van der Waals surface area contributed by atoms with Gasteiger partial charge in [0.05, 0.1) is 0 Å². The van der Waals surface area contributed by atoms with Crippen LogP contribution < -0.4 is 5.32 Å². The molecule has 0 spiro atoms. The summed E-state index contributed by atoms with van der Waals surface area (Å²) in [6.45, 7) is 4.28. The fourth-order valence-corrected chi connectivity index (χ4v) is 3.10. The summed E-state index contributed by atoms with van der Waals surface area (Å²) in [4.78, 5) is 26.3. The van der Waals surface area contributed by atoms with Gasteiger partial charge < -0.3 is 10.2 Å². The van der Waals surface area contributed by atoms with E-state index in [0.29, 0.717) is 18.2 Å². The van der Waals surface area contributed by atoms with E-state index >= 15 is 0 Å². The summed E-state index contributed by atoms with van der Waals surface area (Å²) in [5, 5.41) is 2.87. The topological polar surface area (TPSA) is 66.5 Å². The lowest BCUT2D eigenvalue weighted by atomic mass is 9.95. The normalized spacial score (nSPS) is 29.6. The number of nitrogens with one attached hydrogen (secondary N) is 1. The van der Waals surface area contributed by atoms with Gasteiger partial charge in [-0.05, 0) is 24.7 Å². The largest absolute Gasteiger partial charge is 0.342 e. The van der Waals surface area contributed by atoms with Gasteiger partial charge in [-0.2, -0.15) is 0 Å². The Morgan fingerprint density at radius 1 is 1.37 bits per heavy atom. The number of rotatable bonds is 5. The molecule has 1 heterocycles. The molecule has 1 N–H and O–H groups in total. The molecule has 0 bridgehead atoms. The van der Waals surface area contributed by atoms with Gasteiger partial charge in [0.2, 0.25) is 11.8 Å². The maximum absolute atomic E-state index is 12.5. The van der Waals surface area contributed by atoms with Crippen molar-refractivity contribution >= 4 is 22.6 Å². The van der Waals surface area contributed by atoms with Crippen LogP contribution in [0.5, 0.6) is 0 Å². The van der Waals surface area contributed by atoms with Crippen molar-refractivity contribution in [2.45, 2.75) is 38.8 Å². The van der Waals surface area contributed by atoms with Gasteiger partial charge in [-0.25, -0.2) is 0 Å². The van der Waals surface area contributed by atoms with Crippen molar-refractivity contribution in [2.75, 3.05) is 18.6 Å². The van der Waals surface area contributed by atoms with E-state index in [-0.39, 0.29) is 23.8 Å². The summed E-state index contributed by atoms with van der Waals surface area (Å²) in [6.07, 6.45) is 3.64. The molecule has 0 aromatic heterocycles. The number of piperazine rings is 1. The molecule has 5 nitrogen and oxygen atoms in total. The monoisotopic (exact) mass is 286 g/mol. The van der Waals surface area contributed by atoms with Gasteiger partial charge in [0.15, 0.2) is 0 Å². The Bertz CT molecular complexity index is 407. The molecule has 2 aliphatic rings. The van der Waals surface area contributed by atoms with Gasteiger partial charge >= 0.3 is 0 Å². The van der Waals surface area contributed by atoms with E-state index in [9.17, 15) is 13.8 Å². The number of amides is 2. The zero-order chi connectivity index (χ0) is 14.2. The molecule has 0 aromatic carbocycles. The van der Waals surface area contributed by atoms with Crippen molar-refractivity contribution in [1.82, 2.24) is 10.2 Å². The Hall–Kier alpha value is -0.910. The molecule has 0 aromatic rings. The fourth-order valence-electron chi connectivity index (χ4n) is 2.65. The Morgan fingerprint density at radius 2 is 2.00 bits per heavy atom. The third-order valence-corrected chi connectivity index (χ3v) is 4.55. The first-order valence-electron chi connectivity index (χ1n) is 6.82. The standard InChI is InChI=1S/C13H22N2O3S/c1-8(2)11-12(16)14-10(9-4-5-9)13(17)15(11)6-7-19(3)18/h8-11H,4-7H2,1-3H3,(H,14,16). The van der Waals surface area contributed by atoms with Crippen LogP contribution in [0.4, 0.5) is 0 Å². The van der Waals surface area contributed by atoms with Crippen LogP contribution in [-0.2, 0) is 20.4 Å². The van der Waals surface area contributed by atoms with Gasteiger partial charge in [-0.15, -0.1) is 0 Å². The molecule has 1 saturated heterocycles. The van der Waals surface area contributed by atoms with Crippen molar-refractivity contribution in [3.05, 3.63) is 0 Å². The SMILES string of the molecule is CC(C)C1C(=O)NC(C2CC2)C(=O)N1CCS(C)=O. The molecule has 19 heavy (non-hydrogen) atoms. The van der Waals surface area contributed by atoms with E-state index in [2.05, 4.69) is 5.32 Å². The first kappa shape index (κ1) is 14.5. The summed E-state index contributed by atoms with van der Waals surface area (Å²) in [5.74, 6) is 0.743. The van der Waals surface area contributed by atoms with Crippen LogP contribution in [0.3, 0.4) is 0 Å². The van der Waals surface area contributed by atoms with E-state index in [4.69, 9.17) is 0 Å². The minimum Gasteiger partial charge on any atom is -0.342 e. The molecule has 2 fully saturated rings. The molecule has 1 aliphatic heterocycles. The first-order valence-corrected chi connectivity index (χ1v) is 8.55. The predicted octanol–water partition coefficient (Wildman–Crippen LogP) is 0.127. The summed E-state index contributed by atoms with van der Waals surface area (Å²) >= 11 is 0. The maximum atomic E-state index is 12.5. The van der Waals surface area contributed by atoms with Crippen LogP contribution in [0.1, 0.15) is 26.7 Å². The van der Waals surface area contributed by atoms with Crippen LogP contribution in [0.2, 0.25) is 0 Å². The Balaban J connectivity index is 2.16.